The first-order chi connectivity index (χ1) is 21.5. The van der Waals surface area contributed by atoms with Crippen LogP contribution in [-0.2, 0) is 23.9 Å². The first-order valence-electron chi connectivity index (χ1n) is 15.6. The molecule has 1 saturated heterocycles. The lowest BCUT2D eigenvalue weighted by Crippen LogP contribution is -2.58. The number of aryl methyl sites for hydroxylation is 1. The summed E-state index contributed by atoms with van der Waals surface area (Å²) < 4.78 is 10.6. The van der Waals surface area contributed by atoms with Gasteiger partial charge in [0.2, 0.25) is 17.7 Å². The summed E-state index contributed by atoms with van der Waals surface area (Å²) in [4.78, 5) is 58.6. The number of nitrogens with one attached hydrogen (secondary N) is 3. The van der Waals surface area contributed by atoms with Gasteiger partial charge in [-0.05, 0) is 57.6 Å². The lowest BCUT2D eigenvalue weighted by Gasteiger charge is -2.35. The van der Waals surface area contributed by atoms with Crippen LogP contribution in [0.15, 0.2) is 29.8 Å². The Balaban J connectivity index is 1.55. The van der Waals surface area contributed by atoms with Gasteiger partial charge in [0, 0.05) is 26.1 Å². The molecule has 4 amide bonds. The number of amides is 4. The van der Waals surface area contributed by atoms with Gasteiger partial charge in [-0.2, -0.15) is 0 Å². The zero-order chi connectivity index (χ0) is 34.2. The molecular formula is C33H49N5O7S. The molecule has 2 aromatic rings. The highest BCUT2D eigenvalue weighted by molar-refractivity contribution is 7.13. The zero-order valence-electron chi connectivity index (χ0n) is 28.1. The van der Waals surface area contributed by atoms with Crippen LogP contribution in [-0.4, -0.2) is 88.9 Å². The predicted molar refractivity (Wildman–Crippen MR) is 176 cm³/mol. The van der Waals surface area contributed by atoms with Crippen molar-refractivity contribution in [1.29, 1.82) is 0 Å². The average Bonchev–Trinajstić information content (AvgIpc) is 3.57. The quantitative estimate of drug-likeness (QED) is 0.251. The van der Waals surface area contributed by atoms with Gasteiger partial charge < -0.3 is 35.4 Å². The first kappa shape index (κ1) is 36.9. The van der Waals surface area contributed by atoms with Gasteiger partial charge in [-0.25, -0.2) is 9.78 Å². The van der Waals surface area contributed by atoms with E-state index in [0.717, 1.165) is 21.7 Å². The fourth-order valence-corrected chi connectivity index (χ4v) is 5.87. The van der Waals surface area contributed by atoms with Gasteiger partial charge in [0.15, 0.2) is 0 Å². The van der Waals surface area contributed by atoms with E-state index in [1.54, 1.807) is 32.1 Å². The molecule has 0 bridgehead atoms. The monoisotopic (exact) mass is 659 g/mol. The SMILES string of the molecule is Cc1ncsc1-c1ccc(C(C)NC(=O)[C@@H]2C[C@@H](O)CN2C(=O)C(NC(=O)COCCCNC(=O)OC(C)(C)C)C(C)(C)C)cc1. The number of ether oxygens (including phenoxy) is 2. The van der Waals surface area contributed by atoms with E-state index in [-0.39, 0.29) is 38.1 Å². The van der Waals surface area contributed by atoms with Gasteiger partial charge in [-0.1, -0.05) is 45.0 Å². The molecule has 0 spiro atoms. The highest BCUT2D eigenvalue weighted by atomic mass is 32.1. The third kappa shape index (κ3) is 10.8. The molecule has 0 radical (unpaired) electrons. The standard InChI is InChI=1S/C33H49N5O7S/c1-20(22-10-12-23(13-11-22)27-21(2)35-19-46-27)36-29(41)25-16-24(39)17-38(25)30(42)28(32(3,4)5)37-26(40)18-44-15-9-14-34-31(43)45-33(6,7)8/h10-13,19-20,24-25,28,39H,9,14-18H2,1-8H3,(H,34,43)(H,36,41)(H,37,40)/t20?,24-,25+,28?/m1/s1. The van der Waals surface area contributed by atoms with Crippen LogP contribution in [0.5, 0.6) is 0 Å². The van der Waals surface area contributed by atoms with E-state index in [1.165, 1.54) is 4.90 Å². The smallest absolute Gasteiger partial charge is 0.407 e. The summed E-state index contributed by atoms with van der Waals surface area (Å²) in [6.07, 6.45) is -0.836. The van der Waals surface area contributed by atoms with Crippen molar-refractivity contribution in [3.05, 3.63) is 41.0 Å². The van der Waals surface area contributed by atoms with Gasteiger partial charge in [0.25, 0.3) is 0 Å². The summed E-state index contributed by atoms with van der Waals surface area (Å²) in [6, 6.07) is 5.71. The molecule has 46 heavy (non-hydrogen) atoms. The number of carbonyl (C=O) groups excluding carboxylic acids is 4. The number of aromatic nitrogens is 1. The molecule has 1 aliphatic rings. The summed E-state index contributed by atoms with van der Waals surface area (Å²) in [6.45, 7) is 14.9. The number of alkyl carbamates (subject to hydrolysis) is 1. The number of β-amino-alcohol motifs (C(OH)–C–C–N with tert-alkyl or cyclic N) is 1. The maximum absolute atomic E-state index is 13.8. The number of aliphatic hydroxyl groups excluding tert-OH is 1. The second-order valence-electron chi connectivity index (χ2n) is 13.7. The Morgan fingerprint density at radius 1 is 1.09 bits per heavy atom. The topological polar surface area (TPSA) is 159 Å². The second kappa shape index (κ2) is 15.8. The van der Waals surface area contributed by atoms with Crippen LogP contribution in [0.25, 0.3) is 10.4 Å². The average molecular weight is 660 g/mol. The number of carbonyl (C=O) groups is 4. The Hall–Kier alpha value is -3.55. The number of thiazole rings is 1. The number of nitrogens with zero attached hydrogens (tertiary/aromatic N) is 2. The number of rotatable bonds is 12. The lowest BCUT2D eigenvalue weighted by atomic mass is 9.85. The minimum atomic E-state index is -0.960. The predicted octanol–water partition coefficient (Wildman–Crippen LogP) is 3.72. The molecule has 2 heterocycles. The van der Waals surface area contributed by atoms with Crippen LogP contribution in [0.3, 0.4) is 0 Å². The normalized spacial score (nSPS) is 18.1. The van der Waals surface area contributed by atoms with Crippen molar-refractivity contribution in [3.63, 3.8) is 0 Å². The van der Waals surface area contributed by atoms with E-state index in [0.29, 0.717) is 13.0 Å². The van der Waals surface area contributed by atoms with Crippen LogP contribution in [0.1, 0.15) is 78.6 Å². The first-order valence-corrected chi connectivity index (χ1v) is 16.5. The van der Waals surface area contributed by atoms with Crippen LogP contribution >= 0.6 is 11.3 Å². The molecule has 1 aromatic carbocycles. The van der Waals surface area contributed by atoms with Crippen LogP contribution < -0.4 is 16.0 Å². The minimum absolute atomic E-state index is 0.0161. The molecule has 0 saturated carbocycles. The van der Waals surface area contributed by atoms with Crippen molar-refractivity contribution < 1.29 is 33.8 Å². The minimum Gasteiger partial charge on any atom is -0.444 e. The summed E-state index contributed by atoms with van der Waals surface area (Å²) >= 11 is 1.57. The Morgan fingerprint density at radius 2 is 1.76 bits per heavy atom. The summed E-state index contributed by atoms with van der Waals surface area (Å²) in [5.41, 5.74) is 3.44. The van der Waals surface area contributed by atoms with Gasteiger partial charge in [0.05, 0.1) is 28.2 Å². The molecule has 12 nitrogen and oxygen atoms in total. The molecule has 13 heteroatoms. The molecule has 254 valence electrons. The van der Waals surface area contributed by atoms with E-state index >= 15 is 0 Å². The lowest BCUT2D eigenvalue weighted by molar-refractivity contribution is -0.144. The van der Waals surface area contributed by atoms with Crippen LogP contribution in [0, 0.1) is 12.3 Å². The van der Waals surface area contributed by atoms with Crippen molar-refractivity contribution in [2.24, 2.45) is 5.41 Å². The molecule has 2 unspecified atom stereocenters. The summed E-state index contributed by atoms with van der Waals surface area (Å²) in [7, 11) is 0. The number of likely N-dealkylation sites (tertiary alicyclic amines) is 1. The van der Waals surface area contributed by atoms with E-state index in [4.69, 9.17) is 9.47 Å². The van der Waals surface area contributed by atoms with E-state index in [1.807, 2.05) is 64.4 Å². The highest BCUT2D eigenvalue weighted by Crippen LogP contribution is 2.29. The van der Waals surface area contributed by atoms with Crippen molar-refractivity contribution in [2.45, 2.75) is 98.1 Å². The number of hydrogen-bond donors (Lipinski definition) is 4. The highest BCUT2D eigenvalue weighted by Gasteiger charge is 2.44. The van der Waals surface area contributed by atoms with Crippen molar-refractivity contribution in [1.82, 2.24) is 25.8 Å². The Kier molecular flexibility index (Phi) is 12.7. The Labute approximate surface area is 275 Å². The largest absolute Gasteiger partial charge is 0.444 e. The summed E-state index contributed by atoms with van der Waals surface area (Å²) in [5.74, 6) is -1.31. The fraction of sp³-hybridized carbons (Fsp3) is 0.606. The molecule has 0 aliphatic carbocycles. The fourth-order valence-electron chi connectivity index (χ4n) is 5.06. The van der Waals surface area contributed by atoms with Gasteiger partial charge in [0.1, 0.15) is 24.3 Å². The Morgan fingerprint density at radius 3 is 2.35 bits per heavy atom. The van der Waals surface area contributed by atoms with Crippen molar-refractivity contribution in [3.8, 4) is 10.4 Å². The molecular weight excluding hydrogens is 610 g/mol. The molecule has 3 rings (SSSR count). The molecule has 4 atom stereocenters. The van der Waals surface area contributed by atoms with Crippen molar-refractivity contribution in [2.75, 3.05) is 26.3 Å². The molecule has 1 aromatic heterocycles. The molecule has 1 aliphatic heterocycles. The number of aliphatic hydroxyl groups is 1. The van der Waals surface area contributed by atoms with Crippen LogP contribution in [0.2, 0.25) is 0 Å². The third-order valence-corrected chi connectivity index (χ3v) is 8.40. The van der Waals surface area contributed by atoms with E-state index in [2.05, 4.69) is 20.9 Å². The van der Waals surface area contributed by atoms with E-state index in [9.17, 15) is 24.3 Å². The second-order valence-corrected chi connectivity index (χ2v) is 14.6. The Bertz CT molecular complexity index is 1350. The maximum atomic E-state index is 13.8. The number of hydrogen-bond acceptors (Lipinski definition) is 9. The van der Waals surface area contributed by atoms with Crippen LogP contribution in [0.4, 0.5) is 4.79 Å². The van der Waals surface area contributed by atoms with E-state index < -0.39 is 47.1 Å². The number of benzene rings is 1. The van der Waals surface area contributed by atoms with Gasteiger partial charge in [-0.15, -0.1) is 11.3 Å². The zero-order valence-corrected chi connectivity index (χ0v) is 29.0. The van der Waals surface area contributed by atoms with Gasteiger partial charge >= 0.3 is 6.09 Å². The molecule has 1 fully saturated rings. The summed E-state index contributed by atoms with van der Waals surface area (Å²) in [5, 5.41) is 18.9. The maximum Gasteiger partial charge on any atom is 0.407 e. The third-order valence-electron chi connectivity index (χ3n) is 7.43. The molecule has 4 N–H and O–H groups in total. The van der Waals surface area contributed by atoms with Crippen molar-refractivity contribution >= 4 is 35.2 Å². The van der Waals surface area contributed by atoms with Gasteiger partial charge in [-0.3, -0.25) is 14.4 Å².